The highest BCUT2D eigenvalue weighted by atomic mass is 16.6. The lowest BCUT2D eigenvalue weighted by molar-refractivity contribution is -0.748. The molecule has 19 heavy (non-hydrogen) atoms. The van der Waals surface area contributed by atoms with Gasteiger partial charge < -0.3 is 9.84 Å². The normalized spacial score (nSPS) is 19.2. The Hall–Kier alpha value is -2.08. The van der Waals surface area contributed by atoms with Gasteiger partial charge in [0, 0.05) is 5.69 Å². The number of rotatable bonds is 2. The van der Waals surface area contributed by atoms with Crippen LogP contribution >= 0.6 is 0 Å². The predicted octanol–water partition coefficient (Wildman–Crippen LogP) is 0.320. The van der Waals surface area contributed by atoms with Crippen molar-refractivity contribution in [1.82, 2.24) is 4.68 Å². The molecular formula is C13H16N3O3+. The van der Waals surface area contributed by atoms with Crippen LogP contribution in [0.25, 0.3) is 10.9 Å². The molecule has 100 valence electrons. The zero-order valence-corrected chi connectivity index (χ0v) is 10.9. The summed E-state index contributed by atoms with van der Waals surface area (Å²) >= 11 is 0. The fraction of sp³-hybridized carbons (Fsp3) is 0.385. The number of carbonyl (C=O) groups is 1. The number of aromatic nitrogens is 2. The number of hydrogen-bond acceptors (Lipinski definition) is 3. The molecule has 3 rings (SSSR count). The number of hydrogen-bond donors (Lipinski definition) is 1. The average molecular weight is 262 g/mol. The third-order valence-corrected chi connectivity index (χ3v) is 3.55. The highest BCUT2D eigenvalue weighted by molar-refractivity contribution is 5.93. The molecular weight excluding hydrogens is 246 g/mol. The number of fused-ring (bicyclic) bond motifs is 1. The number of anilines is 1. The summed E-state index contributed by atoms with van der Waals surface area (Å²) in [4.78, 5) is 13.3. The summed E-state index contributed by atoms with van der Waals surface area (Å²) < 4.78 is 9.05. The van der Waals surface area contributed by atoms with Crippen molar-refractivity contribution in [3.05, 3.63) is 24.4 Å². The SMILES string of the molecule is Cn1c2ccc(N3CC(CO)OC3=O)cc2c[n+]1C. The van der Waals surface area contributed by atoms with Gasteiger partial charge in [-0.2, -0.15) is 4.68 Å². The molecule has 1 saturated heterocycles. The van der Waals surface area contributed by atoms with Gasteiger partial charge in [-0.25, -0.2) is 4.79 Å². The van der Waals surface area contributed by atoms with Crippen molar-refractivity contribution in [2.75, 3.05) is 18.1 Å². The summed E-state index contributed by atoms with van der Waals surface area (Å²) in [6, 6.07) is 5.82. The number of cyclic esters (lactones) is 1. The molecule has 1 aliphatic rings. The molecule has 6 heteroatoms. The van der Waals surface area contributed by atoms with Crippen molar-refractivity contribution in [2.45, 2.75) is 6.10 Å². The van der Waals surface area contributed by atoms with E-state index in [1.165, 1.54) is 0 Å². The van der Waals surface area contributed by atoms with Crippen molar-refractivity contribution < 1.29 is 19.3 Å². The number of ether oxygens (including phenoxy) is 1. The number of benzene rings is 1. The maximum atomic E-state index is 11.7. The van der Waals surface area contributed by atoms with Gasteiger partial charge in [0.1, 0.15) is 11.6 Å². The van der Waals surface area contributed by atoms with Crippen LogP contribution in [0.15, 0.2) is 24.4 Å². The Balaban J connectivity index is 2.00. The smallest absolute Gasteiger partial charge is 0.414 e. The molecule has 1 fully saturated rings. The minimum atomic E-state index is -0.435. The van der Waals surface area contributed by atoms with Gasteiger partial charge in [-0.05, 0) is 18.2 Å². The minimum Gasteiger partial charge on any atom is -0.441 e. The zero-order chi connectivity index (χ0) is 13.6. The van der Waals surface area contributed by atoms with Crippen LogP contribution < -0.4 is 9.58 Å². The fourth-order valence-electron chi connectivity index (χ4n) is 2.39. The highest BCUT2D eigenvalue weighted by Crippen LogP contribution is 2.25. The number of aliphatic hydroxyl groups is 1. The van der Waals surface area contributed by atoms with Gasteiger partial charge in [-0.1, -0.05) is 0 Å². The molecule has 6 nitrogen and oxygen atoms in total. The molecule has 1 unspecified atom stereocenters. The van der Waals surface area contributed by atoms with E-state index in [1.54, 1.807) is 4.90 Å². The van der Waals surface area contributed by atoms with E-state index < -0.39 is 12.2 Å². The van der Waals surface area contributed by atoms with E-state index in [9.17, 15) is 4.79 Å². The average Bonchev–Trinajstić information content (AvgIpc) is 2.91. The van der Waals surface area contributed by atoms with E-state index in [2.05, 4.69) is 0 Å². The van der Waals surface area contributed by atoms with Gasteiger partial charge in [0.2, 0.25) is 6.20 Å². The molecule has 0 radical (unpaired) electrons. The monoisotopic (exact) mass is 262 g/mol. The summed E-state index contributed by atoms with van der Waals surface area (Å²) in [5, 5.41) is 10.1. The second-order valence-electron chi connectivity index (χ2n) is 4.77. The van der Waals surface area contributed by atoms with E-state index in [-0.39, 0.29) is 6.61 Å². The molecule has 1 aromatic carbocycles. The van der Waals surface area contributed by atoms with Crippen LogP contribution in [0.4, 0.5) is 10.5 Å². The van der Waals surface area contributed by atoms with E-state index in [1.807, 2.05) is 47.9 Å². The summed E-state index contributed by atoms with van der Waals surface area (Å²) in [5.41, 5.74) is 1.89. The molecule has 2 aromatic rings. The van der Waals surface area contributed by atoms with Crippen LogP contribution in [0.5, 0.6) is 0 Å². The number of nitrogens with zero attached hydrogens (tertiary/aromatic N) is 3. The Morgan fingerprint density at radius 3 is 3.00 bits per heavy atom. The lowest BCUT2D eigenvalue weighted by atomic mass is 10.2. The van der Waals surface area contributed by atoms with Crippen molar-refractivity contribution in [3.8, 4) is 0 Å². The number of carbonyl (C=O) groups excluding carboxylic acids is 1. The second-order valence-corrected chi connectivity index (χ2v) is 4.77. The molecule has 0 spiro atoms. The van der Waals surface area contributed by atoms with Gasteiger partial charge in [-0.3, -0.25) is 4.90 Å². The Morgan fingerprint density at radius 2 is 2.32 bits per heavy atom. The van der Waals surface area contributed by atoms with Crippen LogP contribution in [0.3, 0.4) is 0 Å². The first-order valence-electron chi connectivity index (χ1n) is 6.14. The third-order valence-electron chi connectivity index (χ3n) is 3.55. The largest absolute Gasteiger partial charge is 0.441 e. The van der Waals surface area contributed by atoms with E-state index in [4.69, 9.17) is 9.84 Å². The molecule has 2 heterocycles. The molecule has 0 saturated carbocycles. The second kappa shape index (κ2) is 4.24. The van der Waals surface area contributed by atoms with Gasteiger partial charge in [0.15, 0.2) is 7.05 Å². The zero-order valence-electron chi connectivity index (χ0n) is 10.9. The highest BCUT2D eigenvalue weighted by Gasteiger charge is 2.32. The Morgan fingerprint density at radius 1 is 1.53 bits per heavy atom. The summed E-state index contributed by atoms with van der Waals surface area (Å²) in [5.74, 6) is 0. The minimum absolute atomic E-state index is 0.148. The van der Waals surface area contributed by atoms with Gasteiger partial charge >= 0.3 is 6.09 Å². The predicted molar refractivity (Wildman–Crippen MR) is 68.8 cm³/mol. The Kier molecular flexibility index (Phi) is 2.67. The summed E-state index contributed by atoms with van der Waals surface area (Å²) in [6.45, 7) is 0.241. The standard InChI is InChI=1S/C13H16N3O3/c1-14-6-9-5-10(3-4-12(9)15(14)2)16-7-11(8-17)19-13(16)18/h3-6,11,17H,7-8H2,1-2H3/q+1. The molecule has 1 amide bonds. The Labute approximate surface area is 110 Å². The maximum Gasteiger partial charge on any atom is 0.414 e. The molecule has 1 aliphatic heterocycles. The first kappa shape index (κ1) is 12.0. The van der Waals surface area contributed by atoms with Crippen LogP contribution in [-0.4, -0.2) is 35.1 Å². The van der Waals surface area contributed by atoms with Crippen molar-refractivity contribution in [1.29, 1.82) is 0 Å². The molecule has 0 bridgehead atoms. The molecule has 0 aliphatic carbocycles. The van der Waals surface area contributed by atoms with Gasteiger partial charge in [0.25, 0.3) is 0 Å². The van der Waals surface area contributed by atoms with Crippen LogP contribution in [0.1, 0.15) is 0 Å². The first-order valence-corrected chi connectivity index (χ1v) is 6.14. The van der Waals surface area contributed by atoms with Crippen LogP contribution in [-0.2, 0) is 18.8 Å². The van der Waals surface area contributed by atoms with Crippen molar-refractivity contribution in [3.63, 3.8) is 0 Å². The quantitative estimate of drug-likeness (QED) is 0.793. The third kappa shape index (κ3) is 1.84. The fourth-order valence-corrected chi connectivity index (χ4v) is 2.39. The lowest BCUT2D eigenvalue weighted by Gasteiger charge is -2.12. The first-order chi connectivity index (χ1) is 9.10. The van der Waals surface area contributed by atoms with Gasteiger partial charge in [-0.15, -0.1) is 4.68 Å². The molecule has 1 atom stereocenters. The Bertz CT molecular complexity index is 650. The van der Waals surface area contributed by atoms with E-state index in [0.29, 0.717) is 6.54 Å². The number of aryl methyl sites for hydroxylation is 2. The maximum absolute atomic E-state index is 11.7. The van der Waals surface area contributed by atoms with Gasteiger partial charge in [0.05, 0.1) is 25.6 Å². The summed E-state index contributed by atoms with van der Waals surface area (Å²) in [6.07, 6.45) is 1.16. The van der Waals surface area contributed by atoms with Crippen LogP contribution in [0, 0.1) is 0 Å². The molecule has 1 aromatic heterocycles. The summed E-state index contributed by atoms with van der Waals surface area (Å²) in [7, 11) is 3.94. The van der Waals surface area contributed by atoms with Crippen LogP contribution in [0.2, 0.25) is 0 Å². The molecule has 1 N–H and O–H groups in total. The van der Waals surface area contributed by atoms with E-state index in [0.717, 1.165) is 16.6 Å². The number of amides is 1. The van der Waals surface area contributed by atoms with Crippen molar-refractivity contribution >= 4 is 22.7 Å². The topological polar surface area (TPSA) is 58.6 Å². The van der Waals surface area contributed by atoms with E-state index >= 15 is 0 Å². The number of aliphatic hydroxyl groups excluding tert-OH is 1. The lowest BCUT2D eigenvalue weighted by Crippen LogP contribution is -2.35. The van der Waals surface area contributed by atoms with Crippen molar-refractivity contribution in [2.24, 2.45) is 14.1 Å².